The fourth-order valence-corrected chi connectivity index (χ4v) is 1.10. The number of nitrogens with zero attached hydrogens (tertiary/aromatic N) is 2. The fraction of sp³-hybridized carbons (Fsp3) is 0.500. The maximum atomic E-state index is 10.3. The van der Waals surface area contributed by atoms with Gasteiger partial charge in [0.15, 0.2) is 0 Å². The van der Waals surface area contributed by atoms with Crippen molar-refractivity contribution >= 4 is 5.71 Å². The Hall–Kier alpha value is -1.59. The standard InChI is InChI=1S/C6H8N2O4/c9-6-4(7-10)2-1-3-5(6)8(11)12/h9-10H,1-3H2. The molecule has 0 aliphatic heterocycles. The molecule has 0 aromatic rings. The van der Waals surface area contributed by atoms with Crippen molar-refractivity contribution in [2.75, 3.05) is 0 Å². The van der Waals surface area contributed by atoms with E-state index in [-0.39, 0.29) is 17.8 Å². The van der Waals surface area contributed by atoms with E-state index < -0.39 is 10.7 Å². The van der Waals surface area contributed by atoms with Crippen LogP contribution in [-0.2, 0) is 0 Å². The number of rotatable bonds is 1. The average molecular weight is 172 g/mol. The van der Waals surface area contributed by atoms with E-state index in [0.717, 1.165) is 0 Å². The van der Waals surface area contributed by atoms with Gasteiger partial charge in [-0.3, -0.25) is 10.1 Å². The van der Waals surface area contributed by atoms with Crippen molar-refractivity contribution in [2.45, 2.75) is 19.3 Å². The van der Waals surface area contributed by atoms with Crippen LogP contribution in [0.15, 0.2) is 16.6 Å². The normalized spacial score (nSPS) is 21.5. The third-order valence-electron chi connectivity index (χ3n) is 1.71. The van der Waals surface area contributed by atoms with Crippen LogP contribution in [0.5, 0.6) is 0 Å². The summed E-state index contributed by atoms with van der Waals surface area (Å²) in [5.74, 6) is -0.492. The summed E-state index contributed by atoms with van der Waals surface area (Å²) in [6, 6.07) is 0. The Morgan fingerprint density at radius 2 is 2.17 bits per heavy atom. The molecule has 0 saturated heterocycles. The summed E-state index contributed by atoms with van der Waals surface area (Å²) in [5, 5.41) is 30.5. The molecule has 1 rings (SSSR count). The van der Waals surface area contributed by atoms with Gasteiger partial charge in [0, 0.05) is 6.42 Å². The molecule has 12 heavy (non-hydrogen) atoms. The molecule has 1 aliphatic carbocycles. The topological polar surface area (TPSA) is 96.0 Å². The maximum Gasteiger partial charge on any atom is 0.289 e. The molecule has 0 spiro atoms. The lowest BCUT2D eigenvalue weighted by molar-refractivity contribution is -0.430. The van der Waals surface area contributed by atoms with E-state index in [4.69, 9.17) is 10.3 Å². The maximum absolute atomic E-state index is 10.3. The predicted molar refractivity (Wildman–Crippen MR) is 39.7 cm³/mol. The van der Waals surface area contributed by atoms with Crippen molar-refractivity contribution in [1.29, 1.82) is 0 Å². The highest BCUT2D eigenvalue weighted by Gasteiger charge is 2.26. The number of nitro groups is 1. The zero-order chi connectivity index (χ0) is 9.14. The van der Waals surface area contributed by atoms with Gasteiger partial charge in [0.2, 0.25) is 5.76 Å². The van der Waals surface area contributed by atoms with Crippen LogP contribution in [-0.4, -0.2) is 20.9 Å². The Morgan fingerprint density at radius 3 is 2.67 bits per heavy atom. The van der Waals surface area contributed by atoms with Crippen molar-refractivity contribution in [3.63, 3.8) is 0 Å². The summed E-state index contributed by atoms with van der Waals surface area (Å²) in [6.07, 6.45) is 1.12. The van der Waals surface area contributed by atoms with Gasteiger partial charge in [-0.1, -0.05) is 5.16 Å². The van der Waals surface area contributed by atoms with Crippen molar-refractivity contribution in [2.24, 2.45) is 5.16 Å². The van der Waals surface area contributed by atoms with Gasteiger partial charge in [-0.15, -0.1) is 0 Å². The molecule has 0 bridgehead atoms. The molecule has 0 aromatic heterocycles. The molecule has 0 amide bonds. The average Bonchev–Trinajstić information content (AvgIpc) is 2.04. The first-order valence-corrected chi connectivity index (χ1v) is 3.44. The highest BCUT2D eigenvalue weighted by molar-refractivity contribution is 5.98. The van der Waals surface area contributed by atoms with E-state index in [1.807, 2.05) is 0 Å². The largest absolute Gasteiger partial charge is 0.501 e. The third kappa shape index (κ3) is 1.36. The minimum absolute atomic E-state index is 0.00653. The Balaban J connectivity index is 3.03. The number of aliphatic hydroxyl groups excluding tert-OH is 1. The second kappa shape index (κ2) is 3.21. The van der Waals surface area contributed by atoms with E-state index in [1.165, 1.54) is 0 Å². The van der Waals surface area contributed by atoms with Crippen molar-refractivity contribution in [3.05, 3.63) is 21.6 Å². The number of aliphatic hydroxyl groups is 1. The Bertz CT molecular complexity index is 269. The van der Waals surface area contributed by atoms with Crippen LogP contribution < -0.4 is 0 Å². The van der Waals surface area contributed by atoms with Gasteiger partial charge in [-0.25, -0.2) is 0 Å². The molecule has 0 unspecified atom stereocenters. The molecular weight excluding hydrogens is 164 g/mol. The zero-order valence-corrected chi connectivity index (χ0v) is 6.23. The fourth-order valence-electron chi connectivity index (χ4n) is 1.10. The summed E-state index contributed by atoms with van der Waals surface area (Å²) in [4.78, 5) is 9.62. The molecule has 0 aromatic carbocycles. The number of allylic oxidation sites excluding steroid dienone is 2. The van der Waals surface area contributed by atoms with E-state index >= 15 is 0 Å². The smallest absolute Gasteiger partial charge is 0.289 e. The van der Waals surface area contributed by atoms with Crippen molar-refractivity contribution < 1.29 is 15.2 Å². The minimum atomic E-state index is -0.653. The molecule has 0 atom stereocenters. The monoisotopic (exact) mass is 172 g/mol. The lowest BCUT2D eigenvalue weighted by atomic mass is 10.0. The predicted octanol–water partition coefficient (Wildman–Crippen LogP) is 1.05. The summed E-state index contributed by atoms with van der Waals surface area (Å²) in [6.45, 7) is 0. The lowest BCUT2D eigenvalue weighted by Gasteiger charge is -2.09. The lowest BCUT2D eigenvalue weighted by Crippen LogP contribution is -2.16. The second-order valence-electron chi connectivity index (χ2n) is 2.45. The van der Waals surface area contributed by atoms with E-state index in [1.54, 1.807) is 0 Å². The minimum Gasteiger partial charge on any atom is -0.501 e. The molecule has 0 fully saturated rings. The van der Waals surface area contributed by atoms with Crippen LogP contribution >= 0.6 is 0 Å². The van der Waals surface area contributed by atoms with Gasteiger partial charge in [0.25, 0.3) is 5.70 Å². The molecule has 0 heterocycles. The van der Waals surface area contributed by atoms with Gasteiger partial charge >= 0.3 is 0 Å². The molecule has 0 saturated carbocycles. The molecule has 66 valence electrons. The van der Waals surface area contributed by atoms with Gasteiger partial charge in [0.1, 0.15) is 5.71 Å². The van der Waals surface area contributed by atoms with Crippen LogP contribution in [0.4, 0.5) is 0 Å². The van der Waals surface area contributed by atoms with Crippen LogP contribution in [0.1, 0.15) is 19.3 Å². The summed E-state index contributed by atoms with van der Waals surface area (Å²) < 4.78 is 0. The van der Waals surface area contributed by atoms with Gasteiger partial charge in [0.05, 0.1) is 4.92 Å². The Kier molecular flexibility index (Phi) is 2.27. The summed E-state index contributed by atoms with van der Waals surface area (Å²) in [5.41, 5.74) is -0.276. The van der Waals surface area contributed by atoms with Crippen LogP contribution in [0.3, 0.4) is 0 Å². The Morgan fingerprint density at radius 1 is 1.50 bits per heavy atom. The first-order valence-electron chi connectivity index (χ1n) is 3.44. The van der Waals surface area contributed by atoms with Crippen LogP contribution in [0.25, 0.3) is 0 Å². The third-order valence-corrected chi connectivity index (χ3v) is 1.71. The number of oxime groups is 1. The molecule has 1 aliphatic rings. The number of hydrogen-bond donors (Lipinski definition) is 2. The first-order chi connectivity index (χ1) is 5.66. The van der Waals surface area contributed by atoms with Crippen LogP contribution in [0.2, 0.25) is 0 Å². The number of hydrogen-bond acceptors (Lipinski definition) is 5. The highest BCUT2D eigenvalue weighted by atomic mass is 16.6. The molecule has 6 nitrogen and oxygen atoms in total. The second-order valence-corrected chi connectivity index (χ2v) is 2.45. The highest BCUT2D eigenvalue weighted by Crippen LogP contribution is 2.21. The van der Waals surface area contributed by atoms with Crippen molar-refractivity contribution in [1.82, 2.24) is 0 Å². The first kappa shape index (κ1) is 8.51. The molecular formula is C6H8N2O4. The Labute approximate surface area is 68.0 Å². The molecule has 0 radical (unpaired) electrons. The SMILES string of the molecule is O=[N+]([O-])C1=C(O)C(=NO)CCC1. The summed E-state index contributed by atoms with van der Waals surface area (Å²) >= 11 is 0. The van der Waals surface area contributed by atoms with Gasteiger partial charge in [-0.2, -0.15) is 0 Å². The van der Waals surface area contributed by atoms with E-state index in [0.29, 0.717) is 12.8 Å². The van der Waals surface area contributed by atoms with Gasteiger partial charge in [-0.05, 0) is 12.8 Å². The van der Waals surface area contributed by atoms with Crippen molar-refractivity contribution in [3.8, 4) is 0 Å². The van der Waals surface area contributed by atoms with Crippen LogP contribution in [0, 0.1) is 10.1 Å². The van der Waals surface area contributed by atoms with E-state index in [2.05, 4.69) is 5.16 Å². The zero-order valence-electron chi connectivity index (χ0n) is 6.23. The quantitative estimate of drug-likeness (QED) is 0.351. The molecule has 2 N–H and O–H groups in total. The van der Waals surface area contributed by atoms with E-state index in [9.17, 15) is 10.1 Å². The van der Waals surface area contributed by atoms with Gasteiger partial charge < -0.3 is 10.3 Å². The summed E-state index contributed by atoms with van der Waals surface area (Å²) in [7, 11) is 0. The molecule has 6 heteroatoms.